The molecule has 20 heavy (non-hydrogen) atoms. The van der Waals surface area contributed by atoms with E-state index in [4.69, 9.17) is 10.6 Å². The lowest BCUT2D eigenvalue weighted by molar-refractivity contribution is -0.121. The number of nitrogens with two attached hydrogens (primary N) is 1. The molecule has 3 heterocycles. The van der Waals surface area contributed by atoms with E-state index in [9.17, 15) is 4.79 Å². The summed E-state index contributed by atoms with van der Waals surface area (Å²) in [6.45, 7) is 2.95. The number of nitrogens with one attached hydrogen (secondary N) is 1. The molecule has 0 spiro atoms. The molecule has 0 aromatic carbocycles. The van der Waals surface area contributed by atoms with Gasteiger partial charge in [-0.15, -0.1) is 0 Å². The van der Waals surface area contributed by atoms with Crippen LogP contribution >= 0.6 is 0 Å². The highest BCUT2D eigenvalue weighted by molar-refractivity contribution is 5.85. The second kappa shape index (κ2) is 5.39. The molecule has 0 saturated carbocycles. The van der Waals surface area contributed by atoms with Gasteiger partial charge in [0.25, 0.3) is 5.91 Å². The highest BCUT2D eigenvalue weighted by Crippen LogP contribution is 2.21. The largest absolute Gasteiger partial charge is 0.378 e. The van der Waals surface area contributed by atoms with Crippen molar-refractivity contribution in [2.24, 2.45) is 5.84 Å². The predicted molar refractivity (Wildman–Crippen MR) is 70.7 cm³/mol. The van der Waals surface area contributed by atoms with Gasteiger partial charge in [-0.1, -0.05) is 0 Å². The van der Waals surface area contributed by atoms with E-state index in [-0.39, 0.29) is 12.5 Å². The number of rotatable bonds is 3. The molecule has 9 nitrogen and oxygen atoms in total. The van der Waals surface area contributed by atoms with Crippen molar-refractivity contribution in [3.8, 4) is 0 Å². The molecule has 3 rings (SSSR count). The van der Waals surface area contributed by atoms with Crippen LogP contribution in [0.3, 0.4) is 0 Å². The molecule has 3 N–H and O–H groups in total. The average molecular weight is 277 g/mol. The zero-order valence-corrected chi connectivity index (χ0v) is 10.8. The molecule has 106 valence electrons. The zero-order valence-electron chi connectivity index (χ0n) is 10.8. The molecule has 0 atom stereocenters. The number of hydrogen-bond acceptors (Lipinski definition) is 7. The van der Waals surface area contributed by atoms with Crippen LogP contribution in [-0.4, -0.2) is 51.7 Å². The first kappa shape index (κ1) is 12.8. The molecular weight excluding hydrogens is 262 g/mol. The van der Waals surface area contributed by atoms with Gasteiger partial charge >= 0.3 is 0 Å². The molecule has 1 aliphatic rings. The van der Waals surface area contributed by atoms with Crippen molar-refractivity contribution in [3.63, 3.8) is 0 Å². The predicted octanol–water partition coefficient (Wildman–Crippen LogP) is -1.35. The number of ether oxygens (including phenoxy) is 1. The summed E-state index contributed by atoms with van der Waals surface area (Å²) < 4.78 is 6.97. The molecule has 0 aliphatic carbocycles. The second-order valence-electron chi connectivity index (χ2n) is 4.41. The number of hydrazine groups is 1. The Hall–Kier alpha value is -2.26. The van der Waals surface area contributed by atoms with Crippen LogP contribution in [0.1, 0.15) is 0 Å². The molecule has 0 radical (unpaired) electrons. The third kappa shape index (κ3) is 2.28. The summed E-state index contributed by atoms with van der Waals surface area (Å²) in [7, 11) is 0. The number of morpholine rings is 1. The highest BCUT2D eigenvalue weighted by Gasteiger charge is 2.18. The zero-order chi connectivity index (χ0) is 13.9. The van der Waals surface area contributed by atoms with Gasteiger partial charge in [-0.25, -0.2) is 20.8 Å². The number of hydrogen-bond donors (Lipinski definition) is 2. The Morgan fingerprint density at radius 3 is 2.90 bits per heavy atom. The first-order chi connectivity index (χ1) is 9.79. The smallest absolute Gasteiger partial charge is 0.253 e. The number of amides is 1. The van der Waals surface area contributed by atoms with Gasteiger partial charge in [0.05, 0.1) is 19.5 Å². The maximum atomic E-state index is 11.4. The maximum absolute atomic E-state index is 11.4. The maximum Gasteiger partial charge on any atom is 0.253 e. The third-order valence-corrected chi connectivity index (χ3v) is 3.17. The molecule has 0 bridgehead atoms. The van der Waals surface area contributed by atoms with E-state index < -0.39 is 0 Å². The average Bonchev–Trinajstić information content (AvgIpc) is 2.91. The minimum absolute atomic E-state index is 0.0760. The lowest BCUT2D eigenvalue weighted by Gasteiger charge is -2.27. The number of aromatic nitrogens is 4. The standard InChI is InChI=1S/C11H15N7O2/c12-16-8(19)5-18-7-15-9-10(13-6-14-11(9)18)17-1-3-20-4-2-17/h6-7H,1-5,12H2,(H,16,19). The normalized spacial score (nSPS) is 15.6. The van der Waals surface area contributed by atoms with Crippen LogP contribution in [0.2, 0.25) is 0 Å². The first-order valence-corrected chi connectivity index (χ1v) is 6.27. The summed E-state index contributed by atoms with van der Waals surface area (Å²) in [4.78, 5) is 26.3. The third-order valence-electron chi connectivity index (χ3n) is 3.17. The summed E-state index contributed by atoms with van der Waals surface area (Å²) in [6, 6.07) is 0. The molecule has 2 aromatic heterocycles. The molecule has 1 amide bonds. The number of carbonyl (C=O) groups is 1. The molecule has 1 fully saturated rings. The number of carbonyl (C=O) groups excluding carboxylic acids is 1. The van der Waals surface area contributed by atoms with Crippen molar-refractivity contribution in [3.05, 3.63) is 12.7 Å². The van der Waals surface area contributed by atoms with Crippen molar-refractivity contribution in [1.29, 1.82) is 0 Å². The molecule has 0 unspecified atom stereocenters. The van der Waals surface area contributed by atoms with E-state index in [1.54, 1.807) is 10.9 Å². The monoisotopic (exact) mass is 277 g/mol. The van der Waals surface area contributed by atoms with Gasteiger partial charge in [-0.05, 0) is 0 Å². The fraction of sp³-hybridized carbons (Fsp3) is 0.455. The SMILES string of the molecule is NNC(=O)Cn1cnc2c(N3CCOCC3)ncnc21. The summed E-state index contributed by atoms with van der Waals surface area (Å²) in [6.07, 6.45) is 3.05. The topological polar surface area (TPSA) is 111 Å². The number of fused-ring (bicyclic) bond motifs is 1. The van der Waals surface area contributed by atoms with Gasteiger partial charge in [0.1, 0.15) is 12.9 Å². The lowest BCUT2D eigenvalue weighted by atomic mass is 10.3. The molecular formula is C11H15N7O2. The quantitative estimate of drug-likeness (QED) is 0.405. The minimum atomic E-state index is -0.309. The van der Waals surface area contributed by atoms with Crippen LogP contribution in [0.25, 0.3) is 11.2 Å². The number of nitrogens with zero attached hydrogens (tertiary/aromatic N) is 5. The van der Waals surface area contributed by atoms with Gasteiger partial charge in [-0.3, -0.25) is 10.2 Å². The van der Waals surface area contributed by atoms with Crippen molar-refractivity contribution < 1.29 is 9.53 Å². The summed E-state index contributed by atoms with van der Waals surface area (Å²) >= 11 is 0. The molecule has 1 aliphatic heterocycles. The second-order valence-corrected chi connectivity index (χ2v) is 4.41. The van der Waals surface area contributed by atoms with Crippen LogP contribution in [0, 0.1) is 0 Å². The van der Waals surface area contributed by atoms with E-state index >= 15 is 0 Å². The fourth-order valence-electron chi connectivity index (χ4n) is 2.19. The lowest BCUT2D eigenvalue weighted by Crippen LogP contribution is -2.37. The highest BCUT2D eigenvalue weighted by atomic mass is 16.5. The molecule has 2 aromatic rings. The number of anilines is 1. The van der Waals surface area contributed by atoms with Crippen LogP contribution < -0.4 is 16.2 Å². The van der Waals surface area contributed by atoms with Gasteiger partial charge in [0, 0.05) is 13.1 Å². The Kier molecular flexibility index (Phi) is 3.44. The van der Waals surface area contributed by atoms with Crippen LogP contribution in [-0.2, 0) is 16.1 Å². The van der Waals surface area contributed by atoms with Crippen molar-refractivity contribution in [2.75, 3.05) is 31.2 Å². The van der Waals surface area contributed by atoms with E-state index in [0.29, 0.717) is 24.4 Å². The van der Waals surface area contributed by atoms with Gasteiger partial charge in [0.15, 0.2) is 17.0 Å². The Bertz CT molecular complexity index is 620. The Balaban J connectivity index is 1.96. The first-order valence-electron chi connectivity index (χ1n) is 6.27. The minimum Gasteiger partial charge on any atom is -0.378 e. The van der Waals surface area contributed by atoms with E-state index in [0.717, 1.165) is 18.9 Å². The molecule has 1 saturated heterocycles. The van der Waals surface area contributed by atoms with E-state index in [1.807, 2.05) is 0 Å². The fourth-order valence-corrected chi connectivity index (χ4v) is 2.19. The van der Waals surface area contributed by atoms with E-state index in [2.05, 4.69) is 25.3 Å². The van der Waals surface area contributed by atoms with Gasteiger partial charge in [-0.2, -0.15) is 0 Å². The van der Waals surface area contributed by atoms with Crippen LogP contribution in [0.15, 0.2) is 12.7 Å². The summed E-state index contributed by atoms with van der Waals surface area (Å²) in [5, 5.41) is 0. The Labute approximate surface area is 114 Å². The van der Waals surface area contributed by atoms with Crippen molar-refractivity contribution in [1.82, 2.24) is 24.9 Å². The van der Waals surface area contributed by atoms with Gasteiger partial charge in [0.2, 0.25) is 0 Å². The Morgan fingerprint density at radius 1 is 1.35 bits per heavy atom. The van der Waals surface area contributed by atoms with Crippen LogP contribution in [0.5, 0.6) is 0 Å². The summed E-state index contributed by atoms with van der Waals surface area (Å²) in [5.74, 6) is 5.55. The van der Waals surface area contributed by atoms with Gasteiger partial charge < -0.3 is 14.2 Å². The number of imidazole rings is 1. The molecule has 9 heteroatoms. The van der Waals surface area contributed by atoms with Crippen molar-refractivity contribution in [2.45, 2.75) is 6.54 Å². The van der Waals surface area contributed by atoms with Crippen LogP contribution in [0.4, 0.5) is 5.82 Å². The van der Waals surface area contributed by atoms with E-state index in [1.165, 1.54) is 6.33 Å². The summed E-state index contributed by atoms with van der Waals surface area (Å²) in [5.41, 5.74) is 3.38. The Morgan fingerprint density at radius 2 is 2.15 bits per heavy atom. The van der Waals surface area contributed by atoms with Crippen molar-refractivity contribution >= 4 is 22.9 Å².